The van der Waals surface area contributed by atoms with Crippen LogP contribution in [0.1, 0.15) is 30.0 Å². The zero-order chi connectivity index (χ0) is 13.1. The molecule has 3 heteroatoms. The Balaban J connectivity index is 1.62. The number of rotatable bonds is 4. The molecule has 2 atom stereocenters. The lowest BCUT2D eigenvalue weighted by atomic mass is 10.0. The second-order valence-corrected chi connectivity index (χ2v) is 6.02. The highest BCUT2D eigenvalue weighted by molar-refractivity contribution is 7.99. The molecule has 0 bridgehead atoms. The molecule has 1 aromatic heterocycles. The van der Waals surface area contributed by atoms with Crippen molar-refractivity contribution < 1.29 is 0 Å². The maximum Gasteiger partial charge on any atom is 0.0293 e. The van der Waals surface area contributed by atoms with Crippen LogP contribution in [-0.2, 0) is 0 Å². The van der Waals surface area contributed by atoms with Crippen molar-refractivity contribution in [1.82, 2.24) is 10.3 Å². The number of nitrogens with one attached hydrogen (secondary N) is 1. The quantitative estimate of drug-likeness (QED) is 0.918. The maximum atomic E-state index is 4.06. The van der Waals surface area contributed by atoms with Crippen molar-refractivity contribution in [2.24, 2.45) is 0 Å². The van der Waals surface area contributed by atoms with Gasteiger partial charge in [0.2, 0.25) is 0 Å². The van der Waals surface area contributed by atoms with Gasteiger partial charge in [0.05, 0.1) is 0 Å². The number of aromatic nitrogens is 1. The number of pyridine rings is 1. The van der Waals surface area contributed by atoms with Gasteiger partial charge in [-0.05, 0) is 36.2 Å². The van der Waals surface area contributed by atoms with Gasteiger partial charge in [-0.3, -0.25) is 4.98 Å². The molecule has 98 valence electrons. The van der Waals surface area contributed by atoms with E-state index in [2.05, 4.69) is 53.6 Å². The molecule has 1 aliphatic rings. The van der Waals surface area contributed by atoms with E-state index < -0.39 is 0 Å². The molecule has 2 nitrogen and oxygen atoms in total. The minimum atomic E-state index is 0.376. The second kappa shape index (κ2) is 5.76. The molecular formula is C16H18N2S. The lowest BCUT2D eigenvalue weighted by molar-refractivity contribution is 0.540. The molecule has 0 spiro atoms. The Kier molecular flexibility index (Phi) is 3.85. The first-order chi connectivity index (χ1) is 9.34. The normalized spacial score (nSPS) is 19.1. The Labute approximate surface area is 118 Å². The van der Waals surface area contributed by atoms with Crippen molar-refractivity contribution in [3.05, 3.63) is 59.9 Å². The van der Waals surface area contributed by atoms with E-state index in [1.165, 1.54) is 21.8 Å². The van der Waals surface area contributed by atoms with Crippen molar-refractivity contribution in [2.75, 3.05) is 12.3 Å². The third-order valence-corrected chi connectivity index (χ3v) is 4.93. The fourth-order valence-electron chi connectivity index (χ4n) is 2.49. The summed E-state index contributed by atoms with van der Waals surface area (Å²) in [6.07, 6.45) is 3.71. The molecule has 0 saturated carbocycles. The summed E-state index contributed by atoms with van der Waals surface area (Å²) >= 11 is 1.97. The monoisotopic (exact) mass is 270 g/mol. The van der Waals surface area contributed by atoms with Gasteiger partial charge >= 0.3 is 0 Å². The largest absolute Gasteiger partial charge is 0.310 e. The van der Waals surface area contributed by atoms with Gasteiger partial charge in [-0.1, -0.05) is 18.2 Å². The van der Waals surface area contributed by atoms with Crippen LogP contribution in [0.5, 0.6) is 0 Å². The summed E-state index contributed by atoms with van der Waals surface area (Å²) < 4.78 is 0. The number of hydrogen-bond donors (Lipinski definition) is 1. The van der Waals surface area contributed by atoms with Gasteiger partial charge in [0.25, 0.3) is 0 Å². The molecule has 0 radical (unpaired) electrons. The Morgan fingerprint density at radius 2 is 2.05 bits per heavy atom. The number of benzene rings is 1. The predicted octanol–water partition coefficient (Wildman–Crippen LogP) is 3.62. The summed E-state index contributed by atoms with van der Waals surface area (Å²) in [4.78, 5) is 5.51. The summed E-state index contributed by atoms with van der Waals surface area (Å²) in [5, 5.41) is 3.64. The first-order valence-electron chi connectivity index (χ1n) is 6.69. The minimum Gasteiger partial charge on any atom is -0.310 e. The Morgan fingerprint density at radius 1 is 1.26 bits per heavy atom. The molecule has 2 heterocycles. The average molecular weight is 270 g/mol. The van der Waals surface area contributed by atoms with Crippen molar-refractivity contribution in [1.29, 1.82) is 0 Å². The van der Waals surface area contributed by atoms with E-state index in [1.807, 2.05) is 24.2 Å². The third-order valence-electron chi connectivity index (χ3n) is 3.68. The van der Waals surface area contributed by atoms with Crippen LogP contribution in [-0.4, -0.2) is 17.3 Å². The van der Waals surface area contributed by atoms with E-state index in [9.17, 15) is 0 Å². The van der Waals surface area contributed by atoms with Crippen molar-refractivity contribution in [2.45, 2.75) is 23.8 Å². The molecule has 1 unspecified atom stereocenters. The van der Waals surface area contributed by atoms with Crippen LogP contribution in [0.2, 0.25) is 0 Å². The first kappa shape index (κ1) is 12.7. The zero-order valence-electron chi connectivity index (χ0n) is 11.0. The Morgan fingerprint density at radius 3 is 2.89 bits per heavy atom. The predicted molar refractivity (Wildman–Crippen MR) is 80.6 cm³/mol. The standard InChI is InChI=1S/C16H18N2S/c1-12(13-6-8-17-9-7-13)18-10-14-11-19-16-5-3-2-4-15(14)16/h2-9,12,14,18H,10-11H2,1H3/t12-,14?/m0/s1. The van der Waals surface area contributed by atoms with Crippen LogP contribution >= 0.6 is 11.8 Å². The van der Waals surface area contributed by atoms with E-state index in [0.717, 1.165) is 6.54 Å². The first-order valence-corrected chi connectivity index (χ1v) is 7.68. The lowest BCUT2D eigenvalue weighted by Gasteiger charge is -2.17. The summed E-state index contributed by atoms with van der Waals surface area (Å²) in [6.45, 7) is 3.25. The fourth-order valence-corrected chi connectivity index (χ4v) is 3.74. The summed E-state index contributed by atoms with van der Waals surface area (Å²) in [6, 6.07) is 13.3. The number of fused-ring (bicyclic) bond motifs is 1. The van der Waals surface area contributed by atoms with Crippen molar-refractivity contribution in [3.63, 3.8) is 0 Å². The van der Waals surface area contributed by atoms with E-state index in [4.69, 9.17) is 0 Å². The molecule has 1 aromatic carbocycles. The van der Waals surface area contributed by atoms with Crippen molar-refractivity contribution in [3.8, 4) is 0 Å². The highest BCUT2D eigenvalue weighted by Gasteiger charge is 2.22. The lowest BCUT2D eigenvalue weighted by Crippen LogP contribution is -2.24. The van der Waals surface area contributed by atoms with Gasteiger partial charge in [0.15, 0.2) is 0 Å². The summed E-state index contributed by atoms with van der Waals surface area (Å²) in [5.74, 6) is 1.82. The summed E-state index contributed by atoms with van der Waals surface area (Å²) in [7, 11) is 0. The molecule has 1 aliphatic heterocycles. The van der Waals surface area contributed by atoms with Crippen LogP contribution in [0.4, 0.5) is 0 Å². The smallest absolute Gasteiger partial charge is 0.0293 e. The number of hydrogen-bond acceptors (Lipinski definition) is 3. The maximum absolute atomic E-state index is 4.06. The van der Waals surface area contributed by atoms with Gasteiger partial charge < -0.3 is 5.32 Å². The van der Waals surface area contributed by atoms with E-state index in [-0.39, 0.29) is 0 Å². The highest BCUT2D eigenvalue weighted by Crippen LogP contribution is 2.39. The van der Waals surface area contributed by atoms with Crippen LogP contribution in [0.15, 0.2) is 53.7 Å². The Hall–Kier alpha value is -1.32. The second-order valence-electron chi connectivity index (χ2n) is 4.96. The molecule has 3 rings (SSSR count). The van der Waals surface area contributed by atoms with Crippen molar-refractivity contribution >= 4 is 11.8 Å². The SMILES string of the molecule is C[C@H](NCC1CSc2ccccc21)c1ccncc1. The number of thioether (sulfide) groups is 1. The molecule has 1 N–H and O–H groups in total. The molecule has 0 aliphatic carbocycles. The molecular weight excluding hydrogens is 252 g/mol. The van der Waals surface area contributed by atoms with E-state index in [0.29, 0.717) is 12.0 Å². The van der Waals surface area contributed by atoms with Crippen LogP contribution in [0.3, 0.4) is 0 Å². The van der Waals surface area contributed by atoms with Gasteiger partial charge in [-0.25, -0.2) is 0 Å². The minimum absolute atomic E-state index is 0.376. The van der Waals surface area contributed by atoms with Gasteiger partial charge in [0.1, 0.15) is 0 Å². The van der Waals surface area contributed by atoms with Crippen LogP contribution in [0.25, 0.3) is 0 Å². The highest BCUT2D eigenvalue weighted by atomic mass is 32.2. The Bertz CT molecular complexity index is 541. The average Bonchev–Trinajstić information content (AvgIpc) is 2.89. The zero-order valence-corrected chi connectivity index (χ0v) is 11.9. The van der Waals surface area contributed by atoms with Gasteiger partial charge in [-0.2, -0.15) is 0 Å². The molecule has 19 heavy (non-hydrogen) atoms. The third kappa shape index (κ3) is 2.82. The van der Waals surface area contributed by atoms with Crippen LogP contribution in [0, 0.1) is 0 Å². The fraction of sp³-hybridized carbons (Fsp3) is 0.312. The topological polar surface area (TPSA) is 24.9 Å². The molecule has 0 fully saturated rings. The number of nitrogens with zero attached hydrogens (tertiary/aromatic N) is 1. The van der Waals surface area contributed by atoms with Crippen LogP contribution < -0.4 is 5.32 Å². The molecule has 2 aromatic rings. The molecule has 0 amide bonds. The van der Waals surface area contributed by atoms with Gasteiger partial charge in [-0.15, -0.1) is 11.8 Å². The van der Waals surface area contributed by atoms with E-state index >= 15 is 0 Å². The van der Waals surface area contributed by atoms with Gasteiger partial charge in [0, 0.05) is 41.5 Å². The molecule has 0 saturated heterocycles. The van der Waals surface area contributed by atoms with E-state index in [1.54, 1.807) is 0 Å². The summed E-state index contributed by atoms with van der Waals surface area (Å²) in [5.41, 5.74) is 2.80.